The summed E-state index contributed by atoms with van der Waals surface area (Å²) in [5.41, 5.74) is 0.721. The van der Waals surface area contributed by atoms with Crippen molar-refractivity contribution in [3.05, 3.63) is 35.6 Å². The quantitative estimate of drug-likeness (QED) is 0.668. The van der Waals surface area contributed by atoms with Crippen LogP contribution in [0.2, 0.25) is 0 Å². The summed E-state index contributed by atoms with van der Waals surface area (Å²) in [6, 6.07) is 6.07. The summed E-state index contributed by atoms with van der Waals surface area (Å²) >= 11 is 0. The third kappa shape index (κ3) is 2.65. The molecule has 60 valence electrons. The fourth-order valence-electron chi connectivity index (χ4n) is 0.790. The molecule has 0 unspecified atom stereocenters. The van der Waals surface area contributed by atoms with E-state index in [1.54, 1.807) is 12.1 Å². The molecule has 0 aliphatic carbocycles. The topological polar surface area (TPSA) is 29.5 Å². The van der Waals surface area contributed by atoms with Crippen LogP contribution < -0.4 is 0 Å². The molecule has 0 aliphatic heterocycles. The molecule has 0 saturated carbocycles. The first-order valence-electron chi connectivity index (χ1n) is 3.26. The van der Waals surface area contributed by atoms with Crippen LogP contribution in [0.15, 0.2) is 24.3 Å². The van der Waals surface area contributed by atoms with Gasteiger partial charge in [-0.2, -0.15) is 0 Å². The van der Waals surface area contributed by atoms with Gasteiger partial charge in [-0.3, -0.25) is 0 Å². The Hall–Kier alpha value is -0.930. The molecule has 1 aromatic rings. The molecule has 0 radical (unpaired) electrons. The number of hydrogen-bond acceptors (Lipinski definition) is 2. The van der Waals surface area contributed by atoms with Crippen molar-refractivity contribution in [1.82, 2.24) is 0 Å². The van der Waals surface area contributed by atoms with Crippen LogP contribution in [0, 0.1) is 5.82 Å². The third-order valence-electron chi connectivity index (χ3n) is 1.25. The number of ether oxygens (including phenoxy) is 1. The van der Waals surface area contributed by atoms with E-state index in [0.29, 0.717) is 0 Å². The Balaban J connectivity index is 2.56. The van der Waals surface area contributed by atoms with E-state index in [1.807, 2.05) is 0 Å². The Morgan fingerprint density at radius 3 is 2.91 bits per heavy atom. The summed E-state index contributed by atoms with van der Waals surface area (Å²) in [5.74, 6) is -0.288. The summed E-state index contributed by atoms with van der Waals surface area (Å²) in [4.78, 5) is 0. The van der Waals surface area contributed by atoms with Crippen LogP contribution in [-0.2, 0) is 11.3 Å². The first-order chi connectivity index (χ1) is 5.33. The fraction of sp³-hybridized carbons (Fsp3) is 0.250. The predicted molar refractivity (Wildman–Crippen MR) is 38.3 cm³/mol. The number of aliphatic hydroxyl groups excluding tert-OH is 1. The van der Waals surface area contributed by atoms with Crippen molar-refractivity contribution < 1.29 is 14.2 Å². The van der Waals surface area contributed by atoms with Crippen LogP contribution in [0.1, 0.15) is 5.56 Å². The van der Waals surface area contributed by atoms with Crippen LogP contribution >= 0.6 is 0 Å². The van der Waals surface area contributed by atoms with Gasteiger partial charge in [-0.1, -0.05) is 12.1 Å². The second-order valence-corrected chi connectivity index (χ2v) is 2.11. The van der Waals surface area contributed by atoms with Crippen molar-refractivity contribution in [3.8, 4) is 0 Å². The Labute approximate surface area is 64.2 Å². The molecule has 1 rings (SSSR count). The lowest BCUT2D eigenvalue weighted by atomic mass is 10.2. The zero-order chi connectivity index (χ0) is 8.10. The van der Waals surface area contributed by atoms with Crippen LogP contribution in [0.5, 0.6) is 0 Å². The van der Waals surface area contributed by atoms with Crippen LogP contribution in [0.25, 0.3) is 0 Å². The normalized spacial score (nSPS) is 10.0. The van der Waals surface area contributed by atoms with Crippen LogP contribution in [0.3, 0.4) is 0 Å². The van der Waals surface area contributed by atoms with Crippen molar-refractivity contribution in [2.24, 2.45) is 0 Å². The summed E-state index contributed by atoms with van der Waals surface area (Å²) in [7, 11) is 0. The molecule has 3 heteroatoms. The first kappa shape index (κ1) is 8.17. The zero-order valence-electron chi connectivity index (χ0n) is 5.96. The maximum absolute atomic E-state index is 12.5. The van der Waals surface area contributed by atoms with Crippen molar-refractivity contribution in [2.75, 3.05) is 6.79 Å². The molecule has 0 atom stereocenters. The van der Waals surface area contributed by atoms with Crippen molar-refractivity contribution in [2.45, 2.75) is 6.61 Å². The average molecular weight is 156 g/mol. The van der Waals surface area contributed by atoms with Gasteiger partial charge in [0.15, 0.2) is 0 Å². The second-order valence-electron chi connectivity index (χ2n) is 2.11. The van der Waals surface area contributed by atoms with Gasteiger partial charge in [0, 0.05) is 0 Å². The molecule has 0 saturated heterocycles. The summed E-state index contributed by atoms with van der Waals surface area (Å²) in [5, 5.41) is 8.28. The van der Waals surface area contributed by atoms with Gasteiger partial charge in [0.25, 0.3) is 0 Å². The minimum Gasteiger partial charge on any atom is -0.371 e. The Kier molecular flexibility index (Phi) is 3.01. The molecule has 0 heterocycles. The lowest BCUT2D eigenvalue weighted by molar-refractivity contribution is -0.0113. The molecule has 11 heavy (non-hydrogen) atoms. The molecule has 0 aromatic heterocycles. The minimum absolute atomic E-state index is 0.244. The molecule has 1 N–H and O–H groups in total. The second kappa shape index (κ2) is 4.05. The van der Waals surface area contributed by atoms with Gasteiger partial charge in [0.2, 0.25) is 0 Å². The lowest BCUT2D eigenvalue weighted by Crippen LogP contribution is -1.93. The summed E-state index contributed by atoms with van der Waals surface area (Å²) in [6.07, 6.45) is 0. The van der Waals surface area contributed by atoms with E-state index < -0.39 is 0 Å². The lowest BCUT2D eigenvalue weighted by Gasteiger charge is -1.99. The SMILES string of the molecule is OCOCc1cccc(F)c1. The molecule has 0 bridgehead atoms. The fourth-order valence-corrected chi connectivity index (χ4v) is 0.790. The number of benzene rings is 1. The summed E-state index contributed by atoms with van der Waals surface area (Å²) < 4.78 is 17.1. The van der Waals surface area contributed by atoms with E-state index in [9.17, 15) is 4.39 Å². The predicted octanol–water partition coefficient (Wildman–Crippen LogP) is 1.29. The van der Waals surface area contributed by atoms with Crippen LogP contribution in [0.4, 0.5) is 4.39 Å². The highest BCUT2D eigenvalue weighted by Gasteiger charge is 1.93. The average Bonchev–Trinajstić information content (AvgIpc) is 2.01. The highest BCUT2D eigenvalue weighted by molar-refractivity contribution is 5.15. The molecule has 0 spiro atoms. The van der Waals surface area contributed by atoms with Crippen molar-refractivity contribution in [3.63, 3.8) is 0 Å². The first-order valence-corrected chi connectivity index (χ1v) is 3.26. The van der Waals surface area contributed by atoms with E-state index in [-0.39, 0.29) is 19.2 Å². The maximum atomic E-state index is 12.5. The Morgan fingerprint density at radius 1 is 1.45 bits per heavy atom. The highest BCUT2D eigenvalue weighted by Crippen LogP contribution is 2.03. The molecule has 1 aromatic carbocycles. The molecule has 2 nitrogen and oxygen atoms in total. The number of halogens is 1. The molecule has 0 amide bonds. The number of aliphatic hydroxyl groups is 1. The zero-order valence-corrected chi connectivity index (χ0v) is 5.96. The maximum Gasteiger partial charge on any atom is 0.144 e. The van der Waals surface area contributed by atoms with E-state index >= 15 is 0 Å². The van der Waals surface area contributed by atoms with E-state index in [1.165, 1.54) is 12.1 Å². The van der Waals surface area contributed by atoms with Gasteiger partial charge >= 0.3 is 0 Å². The Morgan fingerprint density at radius 2 is 2.27 bits per heavy atom. The Bertz CT molecular complexity index is 225. The van der Waals surface area contributed by atoms with Gasteiger partial charge in [-0.05, 0) is 17.7 Å². The molecular weight excluding hydrogens is 147 g/mol. The van der Waals surface area contributed by atoms with Gasteiger partial charge in [-0.25, -0.2) is 4.39 Å². The molecule has 0 fully saturated rings. The minimum atomic E-state index is -0.337. The third-order valence-corrected chi connectivity index (χ3v) is 1.25. The largest absolute Gasteiger partial charge is 0.371 e. The van der Waals surface area contributed by atoms with E-state index in [2.05, 4.69) is 4.74 Å². The van der Waals surface area contributed by atoms with Gasteiger partial charge in [0.05, 0.1) is 6.61 Å². The standard InChI is InChI=1S/C8H9FO2/c9-8-3-1-2-7(4-8)5-11-6-10/h1-4,10H,5-6H2. The van der Waals surface area contributed by atoms with Crippen LogP contribution in [-0.4, -0.2) is 11.9 Å². The summed E-state index contributed by atoms with van der Waals surface area (Å²) in [6.45, 7) is -0.0925. The van der Waals surface area contributed by atoms with Crippen molar-refractivity contribution >= 4 is 0 Å². The molecule has 0 aliphatic rings. The highest BCUT2D eigenvalue weighted by atomic mass is 19.1. The van der Waals surface area contributed by atoms with Gasteiger partial charge in [0.1, 0.15) is 12.6 Å². The molecular formula is C8H9FO2. The van der Waals surface area contributed by atoms with E-state index in [0.717, 1.165) is 5.56 Å². The van der Waals surface area contributed by atoms with Gasteiger partial charge < -0.3 is 9.84 Å². The smallest absolute Gasteiger partial charge is 0.144 e. The van der Waals surface area contributed by atoms with Gasteiger partial charge in [-0.15, -0.1) is 0 Å². The monoisotopic (exact) mass is 156 g/mol. The van der Waals surface area contributed by atoms with E-state index in [4.69, 9.17) is 5.11 Å². The number of hydrogen-bond donors (Lipinski definition) is 1. The number of rotatable bonds is 3. The van der Waals surface area contributed by atoms with Crippen molar-refractivity contribution in [1.29, 1.82) is 0 Å².